The maximum atomic E-state index is 13.4. The monoisotopic (exact) mass is 418 g/mol. The molecule has 0 bridgehead atoms. The van der Waals surface area contributed by atoms with Gasteiger partial charge in [0.2, 0.25) is 5.91 Å². The predicted molar refractivity (Wildman–Crippen MR) is 122 cm³/mol. The Balaban J connectivity index is 1.48. The van der Waals surface area contributed by atoms with E-state index in [0.717, 1.165) is 36.2 Å². The molecule has 5 heteroatoms. The Morgan fingerprint density at radius 1 is 0.968 bits per heavy atom. The van der Waals surface area contributed by atoms with Crippen LogP contribution in [-0.4, -0.2) is 54.3 Å². The Morgan fingerprint density at radius 2 is 1.65 bits per heavy atom. The zero-order chi connectivity index (χ0) is 22.2. The van der Waals surface area contributed by atoms with Crippen molar-refractivity contribution in [1.82, 2.24) is 9.80 Å². The molecule has 2 N–H and O–H groups in total. The van der Waals surface area contributed by atoms with E-state index in [1.165, 1.54) is 5.56 Å². The Bertz CT molecular complexity index is 969. The molecule has 0 spiro atoms. The molecule has 2 saturated heterocycles. The van der Waals surface area contributed by atoms with Crippen molar-refractivity contribution in [3.63, 3.8) is 0 Å². The minimum absolute atomic E-state index is 0.0100. The van der Waals surface area contributed by atoms with Crippen LogP contribution in [0, 0.1) is 31.1 Å². The van der Waals surface area contributed by atoms with Gasteiger partial charge in [-0.15, -0.1) is 0 Å². The summed E-state index contributed by atoms with van der Waals surface area (Å²) in [4.78, 5) is 30.3. The van der Waals surface area contributed by atoms with E-state index in [2.05, 4.69) is 30.4 Å². The second-order valence-electron chi connectivity index (χ2n) is 9.55. The number of likely N-dealkylation sites (tertiary alicyclic amines) is 2. The topological polar surface area (TPSA) is 66.6 Å². The van der Waals surface area contributed by atoms with Crippen molar-refractivity contribution in [3.05, 3.63) is 77.2 Å². The first-order valence-corrected chi connectivity index (χ1v) is 11.0. The number of nitrogens with zero attached hydrogens (tertiary/aromatic N) is 2. The van der Waals surface area contributed by atoms with Gasteiger partial charge >= 0.3 is 0 Å². The first-order valence-electron chi connectivity index (χ1n) is 11.0. The second kappa shape index (κ2) is 8.12. The highest BCUT2D eigenvalue weighted by Gasteiger charge is 2.64. The maximum Gasteiger partial charge on any atom is 0.254 e. The summed E-state index contributed by atoms with van der Waals surface area (Å²) in [6.07, 6.45) is 3.14. The van der Waals surface area contributed by atoms with Gasteiger partial charge in [-0.3, -0.25) is 9.59 Å². The van der Waals surface area contributed by atoms with Crippen LogP contribution in [0.5, 0.6) is 0 Å². The fourth-order valence-electron chi connectivity index (χ4n) is 5.59. The summed E-state index contributed by atoms with van der Waals surface area (Å²) in [5.74, 6) is -0.280. The first kappa shape index (κ1) is 21.6. The van der Waals surface area contributed by atoms with Crippen LogP contribution in [0.25, 0.3) is 0 Å². The van der Waals surface area contributed by atoms with E-state index in [-0.39, 0.29) is 17.2 Å². The molecule has 5 nitrogen and oxygen atoms in total. The summed E-state index contributed by atoms with van der Waals surface area (Å²) in [5, 5.41) is 0. The number of nitrogens with two attached hydrogens (primary N) is 1. The summed E-state index contributed by atoms with van der Waals surface area (Å²) >= 11 is 0. The summed E-state index contributed by atoms with van der Waals surface area (Å²) in [5.41, 5.74) is 8.86. The molecule has 0 aliphatic carbocycles. The normalized spacial score (nSPS) is 25.6. The molecular weight excluding hydrogens is 386 g/mol. The van der Waals surface area contributed by atoms with Gasteiger partial charge in [-0.05, 0) is 49.9 Å². The third-order valence-corrected chi connectivity index (χ3v) is 7.30. The van der Waals surface area contributed by atoms with E-state index in [1.807, 2.05) is 55.1 Å². The molecule has 2 heterocycles. The molecule has 2 aromatic rings. The van der Waals surface area contributed by atoms with E-state index in [1.54, 1.807) is 0 Å². The van der Waals surface area contributed by atoms with Gasteiger partial charge in [0.15, 0.2) is 0 Å². The number of hydrogen-bond donors (Lipinski definition) is 1. The third kappa shape index (κ3) is 3.76. The van der Waals surface area contributed by atoms with Gasteiger partial charge in [0, 0.05) is 37.2 Å². The van der Waals surface area contributed by atoms with Crippen LogP contribution in [0.2, 0.25) is 0 Å². The smallest absolute Gasteiger partial charge is 0.254 e. The number of carbonyl (C=O) groups excluding carboxylic acids is 2. The van der Waals surface area contributed by atoms with E-state index in [4.69, 9.17) is 5.73 Å². The van der Waals surface area contributed by atoms with Gasteiger partial charge in [-0.2, -0.15) is 0 Å². The van der Waals surface area contributed by atoms with Crippen molar-refractivity contribution >= 4 is 11.8 Å². The molecule has 163 valence electrons. The third-order valence-electron chi connectivity index (χ3n) is 7.30. The SMILES string of the molecule is Cc1cccc(C)c1C(=O)N1CC2(C)CN(CC[CH]c3ccccc3)C[C@]2(C(N)=O)C1. The summed E-state index contributed by atoms with van der Waals surface area (Å²) in [7, 11) is 0. The largest absolute Gasteiger partial charge is 0.369 e. The average Bonchev–Trinajstić information content (AvgIpc) is 3.16. The van der Waals surface area contributed by atoms with Crippen molar-refractivity contribution in [2.24, 2.45) is 16.6 Å². The zero-order valence-electron chi connectivity index (χ0n) is 18.7. The zero-order valence-corrected chi connectivity index (χ0v) is 18.7. The van der Waals surface area contributed by atoms with Gasteiger partial charge in [0.1, 0.15) is 0 Å². The highest BCUT2D eigenvalue weighted by Crippen LogP contribution is 2.52. The molecule has 2 amide bonds. The molecule has 4 rings (SSSR count). The molecule has 31 heavy (non-hydrogen) atoms. The molecule has 2 aromatic carbocycles. The number of aryl methyl sites for hydroxylation is 2. The number of hydrogen-bond acceptors (Lipinski definition) is 3. The van der Waals surface area contributed by atoms with Gasteiger partial charge < -0.3 is 15.5 Å². The van der Waals surface area contributed by atoms with E-state index in [0.29, 0.717) is 19.6 Å². The van der Waals surface area contributed by atoms with Crippen LogP contribution in [-0.2, 0) is 4.79 Å². The number of amides is 2. The summed E-state index contributed by atoms with van der Waals surface area (Å²) in [6, 6.07) is 16.2. The average molecular weight is 419 g/mol. The van der Waals surface area contributed by atoms with Gasteiger partial charge in [-0.25, -0.2) is 0 Å². The van der Waals surface area contributed by atoms with Crippen molar-refractivity contribution in [2.75, 3.05) is 32.7 Å². The second-order valence-corrected chi connectivity index (χ2v) is 9.55. The van der Waals surface area contributed by atoms with Crippen molar-refractivity contribution < 1.29 is 9.59 Å². The minimum Gasteiger partial charge on any atom is -0.369 e. The first-order chi connectivity index (χ1) is 14.8. The van der Waals surface area contributed by atoms with E-state index in [9.17, 15) is 9.59 Å². The lowest BCUT2D eigenvalue weighted by Gasteiger charge is -2.31. The van der Waals surface area contributed by atoms with Crippen molar-refractivity contribution in [1.29, 1.82) is 0 Å². The molecule has 0 aromatic heterocycles. The van der Waals surface area contributed by atoms with Crippen molar-refractivity contribution in [3.8, 4) is 0 Å². The van der Waals surface area contributed by atoms with E-state index < -0.39 is 5.41 Å². The lowest BCUT2D eigenvalue weighted by molar-refractivity contribution is -0.129. The standard InChI is InChI=1S/C26H32N3O2/c1-19-9-7-10-20(2)22(19)23(30)29-16-25(3)15-28(17-26(25,18-29)24(27)31)14-8-13-21-11-5-4-6-12-21/h4-7,9-13H,8,14-18H2,1-3H3,(H2,27,31)/t25?,26-/m1/s1. The Labute approximate surface area is 185 Å². The highest BCUT2D eigenvalue weighted by molar-refractivity contribution is 5.98. The van der Waals surface area contributed by atoms with Crippen LogP contribution in [0.15, 0.2) is 48.5 Å². The molecule has 1 radical (unpaired) electrons. The van der Waals surface area contributed by atoms with Crippen LogP contribution in [0.1, 0.15) is 40.4 Å². The molecule has 2 aliphatic rings. The predicted octanol–water partition coefficient (Wildman–Crippen LogP) is 3.20. The minimum atomic E-state index is -0.702. The molecule has 1 unspecified atom stereocenters. The molecule has 2 atom stereocenters. The van der Waals surface area contributed by atoms with Gasteiger partial charge in [-0.1, -0.05) is 55.5 Å². The van der Waals surface area contributed by atoms with Crippen LogP contribution < -0.4 is 5.73 Å². The number of rotatable bonds is 6. The van der Waals surface area contributed by atoms with Crippen LogP contribution in [0.4, 0.5) is 0 Å². The molecule has 2 aliphatic heterocycles. The number of benzene rings is 2. The van der Waals surface area contributed by atoms with Crippen LogP contribution >= 0.6 is 0 Å². The number of primary amides is 1. The molecule has 2 fully saturated rings. The van der Waals surface area contributed by atoms with Crippen molar-refractivity contribution in [2.45, 2.75) is 27.2 Å². The fourth-order valence-corrected chi connectivity index (χ4v) is 5.59. The summed E-state index contributed by atoms with van der Waals surface area (Å²) in [6.45, 7) is 9.27. The number of carbonyl (C=O) groups is 2. The highest BCUT2D eigenvalue weighted by atomic mass is 16.2. The molecular formula is C26H32N3O2. The lowest BCUT2D eigenvalue weighted by atomic mass is 9.69. The van der Waals surface area contributed by atoms with E-state index >= 15 is 0 Å². The van der Waals surface area contributed by atoms with Gasteiger partial charge in [0.05, 0.1) is 5.41 Å². The molecule has 0 saturated carbocycles. The number of fused-ring (bicyclic) bond motifs is 1. The summed E-state index contributed by atoms with van der Waals surface area (Å²) < 4.78 is 0. The van der Waals surface area contributed by atoms with Crippen LogP contribution in [0.3, 0.4) is 0 Å². The quantitative estimate of drug-likeness (QED) is 0.783. The lowest BCUT2D eigenvalue weighted by Crippen LogP contribution is -2.49. The Morgan fingerprint density at radius 3 is 2.26 bits per heavy atom. The van der Waals surface area contributed by atoms with Gasteiger partial charge in [0.25, 0.3) is 5.91 Å². The maximum absolute atomic E-state index is 13.4. The Hall–Kier alpha value is -2.66. The Kier molecular flexibility index (Phi) is 5.65. The fraction of sp³-hybridized carbons (Fsp3) is 0.423.